The lowest BCUT2D eigenvalue weighted by atomic mass is 9.35. The zero-order valence-corrected chi connectivity index (χ0v) is 44.7. The normalized spacial score (nSPS) is 51.1. The van der Waals surface area contributed by atoms with Crippen LogP contribution in [-0.2, 0) is 38.0 Å². The molecule has 8 rings (SSSR count). The fourth-order valence-corrected chi connectivity index (χ4v) is 15.2. The smallest absolute Gasteiger partial charge is 0.312 e. The summed E-state index contributed by atoms with van der Waals surface area (Å²) in [6, 6.07) is 0. The molecule has 3 saturated carbocycles. The first kappa shape index (κ1) is 61.1. The first-order chi connectivity index (χ1) is 36.1. The number of allylic oxidation sites excluding steroid dienone is 3. The minimum Gasteiger partial charge on any atom is -0.462 e. The van der Waals surface area contributed by atoms with Gasteiger partial charge in [0.05, 0.1) is 56.8 Å². The highest BCUT2D eigenvalue weighted by molar-refractivity contribution is 5.77. The first-order valence-electron chi connectivity index (χ1n) is 27.2. The molecule has 3 heterocycles. The second kappa shape index (κ2) is 22.7. The van der Waals surface area contributed by atoms with Crippen molar-refractivity contribution in [2.45, 2.75) is 216 Å². The van der Waals surface area contributed by atoms with E-state index in [9.17, 15) is 81.4 Å². The summed E-state index contributed by atoms with van der Waals surface area (Å²) in [5.74, 6) is -0.960. The third kappa shape index (κ3) is 10.1. The number of esters is 1. The van der Waals surface area contributed by atoms with Gasteiger partial charge in [0, 0.05) is 16.2 Å². The van der Waals surface area contributed by atoms with Gasteiger partial charge >= 0.3 is 5.97 Å². The Bertz CT molecular complexity index is 2130. The van der Waals surface area contributed by atoms with Gasteiger partial charge in [-0.05, 0) is 93.5 Å². The van der Waals surface area contributed by atoms with Crippen molar-refractivity contribution < 1.29 is 120 Å². The Morgan fingerprint density at radius 1 is 0.701 bits per heavy atom. The topological polar surface area (TPSA) is 405 Å². The van der Waals surface area contributed by atoms with Crippen LogP contribution in [0.25, 0.3) is 0 Å². The predicted molar refractivity (Wildman–Crippen MR) is 262 cm³/mol. The number of fused-ring (bicyclic) bond motifs is 6. The van der Waals surface area contributed by atoms with E-state index in [1.54, 1.807) is 13.8 Å². The van der Waals surface area contributed by atoms with Crippen LogP contribution in [0.2, 0.25) is 0 Å². The molecule has 4 unspecified atom stereocenters. The molecular formula is C53H86O24. The Kier molecular flexibility index (Phi) is 18.0. The zero-order valence-electron chi connectivity index (χ0n) is 44.7. The molecule has 3 aliphatic heterocycles. The molecule has 0 amide bonds. The summed E-state index contributed by atoms with van der Waals surface area (Å²) in [7, 11) is 0. The summed E-state index contributed by atoms with van der Waals surface area (Å²) in [5, 5.41) is 170. The number of aliphatic hydroxyl groups excluding tert-OH is 16. The minimum atomic E-state index is -1.84. The van der Waals surface area contributed by atoms with Gasteiger partial charge in [-0.2, -0.15) is 0 Å². The Balaban J connectivity index is 1.000. The molecule has 0 aromatic rings. The van der Waals surface area contributed by atoms with Gasteiger partial charge in [-0.1, -0.05) is 45.4 Å². The van der Waals surface area contributed by atoms with Crippen molar-refractivity contribution >= 4 is 5.97 Å². The molecule has 3 saturated heterocycles. The van der Waals surface area contributed by atoms with E-state index in [2.05, 4.69) is 32.9 Å². The van der Waals surface area contributed by atoms with Gasteiger partial charge in [-0.3, -0.25) is 4.79 Å². The number of carbonyl (C=O) groups is 1. The maximum Gasteiger partial charge on any atom is 0.312 e. The Morgan fingerprint density at radius 3 is 1.97 bits per heavy atom. The number of aliphatic hydroxyl groups is 16. The molecule has 0 spiro atoms. The zero-order chi connectivity index (χ0) is 56.7. The number of ether oxygens (including phenoxy) is 7. The number of hydrogen-bond donors (Lipinski definition) is 16. The van der Waals surface area contributed by atoms with E-state index in [0.717, 1.165) is 11.1 Å². The largest absolute Gasteiger partial charge is 0.462 e. The summed E-state index contributed by atoms with van der Waals surface area (Å²) in [6.45, 7) is 8.23. The van der Waals surface area contributed by atoms with Gasteiger partial charge in [0.25, 0.3) is 0 Å². The number of rotatable bonds is 16. The average Bonchev–Trinajstić information content (AvgIpc) is 3.53. The molecule has 24 nitrogen and oxygen atoms in total. The molecule has 5 aliphatic carbocycles. The molecule has 28 atom stereocenters. The predicted octanol–water partition coefficient (Wildman–Crippen LogP) is -3.90. The number of carbonyl (C=O) groups excluding carboxylic acids is 1. The maximum absolute atomic E-state index is 14.3. The van der Waals surface area contributed by atoms with Crippen LogP contribution in [0.1, 0.15) is 92.9 Å². The van der Waals surface area contributed by atoms with Gasteiger partial charge in [0.2, 0.25) is 0 Å². The van der Waals surface area contributed by atoms with Crippen LogP contribution in [0.15, 0.2) is 23.3 Å². The summed E-state index contributed by atoms with van der Waals surface area (Å²) >= 11 is 0. The highest BCUT2D eigenvalue weighted by atomic mass is 16.7. The van der Waals surface area contributed by atoms with E-state index in [1.807, 2.05) is 6.92 Å². The Morgan fingerprint density at radius 2 is 1.34 bits per heavy atom. The fourth-order valence-electron chi connectivity index (χ4n) is 15.2. The van der Waals surface area contributed by atoms with Gasteiger partial charge in [0.15, 0.2) is 18.9 Å². The lowest BCUT2D eigenvalue weighted by Gasteiger charge is -2.70. The summed E-state index contributed by atoms with van der Waals surface area (Å²) in [6.07, 6.45) is -23.2. The maximum atomic E-state index is 14.3. The van der Waals surface area contributed by atoms with Crippen molar-refractivity contribution in [3.63, 3.8) is 0 Å². The average molecular weight is 1110 g/mol. The Hall–Kier alpha value is -1.93. The SMILES string of the molecule is C[C@H]1O[C@@H](OC2CC[C@@]3(C)[C@@H](CC[C@]4(C)[C@@H]3C=CC3=C5C[C@@](C)(C(=O)OC[C@H]6O[C@@H](OCC(O)C(O)C(O)CO)[C@H](O)[C@@H](O)[C@@H]6O)CC[C@]5(CO)[C@H](O)C[C@]34C)[C@]2(C)CO)[C@H](O)[C@@H](O[C@@H]2O[C@H](CO)[C@@H](O)[C@H](O)[C@H]2O)[C@H]1O. The standard InChI is InChI=1S/C53H86O24/c1-23-34(61)43(77-45-41(68)38(65)36(63)28(18-55)74-45)42(69)46(73-23)76-33-10-11-49(3)30(50(33,4)21-56)9-12-51(5)31(49)8-7-24-25-15-48(2,13-14-53(25,22-57)32(60)16-52(24,51)6)47(70)72-20-29-37(64)39(66)40(67)44(75-29)71-19-27(59)35(62)26(58)17-54/h7-8,23,26-46,54-69H,9-22H2,1-6H3/t23-,26?,27?,28-,29-,30-,31-,32-,33?,34+,35?,36-,37-,38+,39+,40-,41-,42-,43+,44-,45+,46+,48+,49+,50+,51-,52-,53-/m1/s1. The molecule has 8 aliphatic rings. The highest BCUT2D eigenvalue weighted by Crippen LogP contribution is 2.74. The van der Waals surface area contributed by atoms with Crippen LogP contribution in [-0.4, -0.2) is 250 Å². The van der Waals surface area contributed by atoms with Gasteiger partial charge in [-0.15, -0.1) is 0 Å². The van der Waals surface area contributed by atoms with Crippen molar-refractivity contribution in [1.29, 1.82) is 0 Å². The van der Waals surface area contributed by atoms with Crippen LogP contribution in [0, 0.1) is 44.3 Å². The van der Waals surface area contributed by atoms with Crippen molar-refractivity contribution in [3.8, 4) is 0 Å². The summed E-state index contributed by atoms with van der Waals surface area (Å²) in [5.41, 5.74) is -3.22. The van der Waals surface area contributed by atoms with E-state index in [0.29, 0.717) is 32.1 Å². The van der Waals surface area contributed by atoms with E-state index >= 15 is 0 Å². The van der Waals surface area contributed by atoms with Gasteiger partial charge in [0.1, 0.15) is 92.1 Å². The van der Waals surface area contributed by atoms with Crippen molar-refractivity contribution in [2.75, 3.05) is 39.6 Å². The molecular weight excluding hydrogens is 1020 g/mol. The third-order valence-electron chi connectivity index (χ3n) is 20.6. The van der Waals surface area contributed by atoms with Crippen molar-refractivity contribution in [3.05, 3.63) is 23.3 Å². The van der Waals surface area contributed by atoms with E-state index in [1.165, 1.54) is 0 Å². The molecule has 442 valence electrons. The lowest BCUT2D eigenvalue weighted by molar-refractivity contribution is -0.367. The molecule has 0 aromatic carbocycles. The molecule has 6 fully saturated rings. The fraction of sp³-hybridized carbons (Fsp3) is 0.906. The van der Waals surface area contributed by atoms with Gasteiger partial charge in [-0.25, -0.2) is 0 Å². The van der Waals surface area contributed by atoms with Crippen LogP contribution in [0.4, 0.5) is 0 Å². The Labute approximate surface area is 447 Å². The van der Waals surface area contributed by atoms with Crippen LogP contribution >= 0.6 is 0 Å². The second-order valence-electron chi connectivity index (χ2n) is 24.9. The monoisotopic (exact) mass is 1110 g/mol. The van der Waals surface area contributed by atoms with Gasteiger partial charge < -0.3 is 115 Å². The molecule has 16 N–H and O–H groups in total. The first-order valence-corrected chi connectivity index (χ1v) is 27.2. The summed E-state index contributed by atoms with van der Waals surface area (Å²) in [4.78, 5) is 14.3. The van der Waals surface area contributed by atoms with Crippen LogP contribution < -0.4 is 0 Å². The van der Waals surface area contributed by atoms with Crippen molar-refractivity contribution in [2.24, 2.45) is 44.3 Å². The van der Waals surface area contributed by atoms with Crippen molar-refractivity contribution in [1.82, 2.24) is 0 Å². The van der Waals surface area contributed by atoms with E-state index in [4.69, 9.17) is 38.3 Å². The molecule has 0 radical (unpaired) electrons. The third-order valence-corrected chi connectivity index (χ3v) is 20.6. The second-order valence-corrected chi connectivity index (χ2v) is 24.9. The van der Waals surface area contributed by atoms with E-state index < -0.39 is 188 Å². The van der Waals surface area contributed by atoms with Crippen LogP contribution in [0.5, 0.6) is 0 Å². The summed E-state index contributed by atoms with van der Waals surface area (Å²) < 4.78 is 40.9. The lowest BCUT2D eigenvalue weighted by Crippen LogP contribution is -2.67. The van der Waals surface area contributed by atoms with E-state index in [-0.39, 0.29) is 44.3 Å². The minimum absolute atomic E-state index is 0.0984. The highest BCUT2D eigenvalue weighted by Gasteiger charge is 2.69. The number of hydrogen-bond acceptors (Lipinski definition) is 24. The molecule has 0 aromatic heterocycles. The quantitative estimate of drug-likeness (QED) is 0.0519. The molecule has 77 heavy (non-hydrogen) atoms. The molecule has 24 heteroatoms. The van der Waals surface area contributed by atoms with Crippen LogP contribution in [0.3, 0.4) is 0 Å². The molecule has 0 bridgehead atoms.